The minimum Gasteiger partial charge on any atom is -0.302 e. The molecule has 0 spiro atoms. The normalized spacial score (nSPS) is 16.9. The summed E-state index contributed by atoms with van der Waals surface area (Å²) in [4.78, 5) is 2.45. The fourth-order valence-corrected chi connectivity index (χ4v) is 2.52. The number of nitrogens with zero attached hydrogens (tertiary/aromatic N) is 2. The third-order valence-electron chi connectivity index (χ3n) is 3.55. The Kier molecular flexibility index (Phi) is 4.74. The first-order valence-corrected chi connectivity index (χ1v) is 6.75. The van der Waals surface area contributed by atoms with Crippen molar-refractivity contribution in [2.24, 2.45) is 0 Å². The summed E-state index contributed by atoms with van der Waals surface area (Å²) >= 11 is 0. The zero-order valence-corrected chi connectivity index (χ0v) is 11.0. The largest absolute Gasteiger partial charge is 0.302 e. The van der Waals surface area contributed by atoms with E-state index in [9.17, 15) is 0 Å². The lowest BCUT2D eigenvalue weighted by Crippen LogP contribution is -2.36. The smallest absolute Gasteiger partial charge is 0.0965 e. The van der Waals surface area contributed by atoms with Crippen molar-refractivity contribution in [3.8, 4) is 6.07 Å². The van der Waals surface area contributed by atoms with Gasteiger partial charge in [-0.2, -0.15) is 5.26 Å². The van der Waals surface area contributed by atoms with Crippen LogP contribution in [0.1, 0.15) is 24.5 Å². The standard InChI is InChI=1S/C15H21N3/c1-2-17-15(11-16)8-10-18-9-7-13-5-3-4-6-14(13)12-18/h3-6,15,17H,2,7-10,12H2,1H3. The van der Waals surface area contributed by atoms with Crippen LogP contribution >= 0.6 is 0 Å². The predicted molar refractivity (Wildman–Crippen MR) is 73.1 cm³/mol. The van der Waals surface area contributed by atoms with E-state index in [-0.39, 0.29) is 6.04 Å². The molecular weight excluding hydrogens is 222 g/mol. The van der Waals surface area contributed by atoms with E-state index in [0.717, 1.165) is 39.0 Å². The summed E-state index contributed by atoms with van der Waals surface area (Å²) in [5.41, 5.74) is 2.93. The van der Waals surface area contributed by atoms with Gasteiger partial charge in [-0.1, -0.05) is 31.2 Å². The molecule has 0 aliphatic carbocycles. The summed E-state index contributed by atoms with van der Waals surface area (Å²) in [6, 6.07) is 11.0. The molecule has 18 heavy (non-hydrogen) atoms. The third-order valence-corrected chi connectivity index (χ3v) is 3.55. The second-order valence-corrected chi connectivity index (χ2v) is 4.82. The van der Waals surface area contributed by atoms with E-state index in [4.69, 9.17) is 5.26 Å². The van der Waals surface area contributed by atoms with Gasteiger partial charge >= 0.3 is 0 Å². The first kappa shape index (κ1) is 13.1. The number of nitrogens with one attached hydrogen (secondary N) is 1. The number of hydrogen-bond acceptors (Lipinski definition) is 3. The number of rotatable bonds is 5. The number of nitriles is 1. The minimum atomic E-state index is -0.00725. The van der Waals surface area contributed by atoms with E-state index in [1.807, 2.05) is 6.92 Å². The molecule has 1 aliphatic heterocycles. The molecule has 1 N–H and O–H groups in total. The van der Waals surface area contributed by atoms with Crippen molar-refractivity contribution in [1.29, 1.82) is 5.26 Å². The average molecular weight is 243 g/mol. The molecule has 0 aromatic heterocycles. The van der Waals surface area contributed by atoms with Crippen LogP contribution in [0.4, 0.5) is 0 Å². The van der Waals surface area contributed by atoms with Gasteiger partial charge in [0.2, 0.25) is 0 Å². The Morgan fingerprint density at radius 1 is 1.39 bits per heavy atom. The van der Waals surface area contributed by atoms with Crippen LogP contribution in [-0.2, 0) is 13.0 Å². The topological polar surface area (TPSA) is 39.1 Å². The molecule has 1 heterocycles. The Hall–Kier alpha value is -1.37. The highest BCUT2D eigenvalue weighted by Crippen LogP contribution is 2.18. The number of hydrogen-bond donors (Lipinski definition) is 1. The highest BCUT2D eigenvalue weighted by Gasteiger charge is 2.16. The van der Waals surface area contributed by atoms with E-state index in [1.165, 1.54) is 11.1 Å². The molecule has 1 aliphatic rings. The number of fused-ring (bicyclic) bond motifs is 1. The fraction of sp³-hybridized carbons (Fsp3) is 0.533. The fourth-order valence-electron chi connectivity index (χ4n) is 2.52. The van der Waals surface area contributed by atoms with E-state index in [2.05, 4.69) is 40.6 Å². The third kappa shape index (κ3) is 3.32. The van der Waals surface area contributed by atoms with Crippen LogP contribution in [0, 0.1) is 11.3 Å². The predicted octanol–water partition coefficient (Wildman–Crippen LogP) is 1.94. The molecule has 0 radical (unpaired) electrons. The molecule has 2 rings (SSSR count). The van der Waals surface area contributed by atoms with Gasteiger partial charge in [-0.3, -0.25) is 4.90 Å². The highest BCUT2D eigenvalue weighted by atomic mass is 15.1. The van der Waals surface area contributed by atoms with Gasteiger partial charge in [-0.25, -0.2) is 0 Å². The molecule has 1 aromatic carbocycles. The van der Waals surface area contributed by atoms with Gasteiger partial charge in [-0.15, -0.1) is 0 Å². The Morgan fingerprint density at radius 3 is 2.89 bits per heavy atom. The molecule has 0 saturated heterocycles. The van der Waals surface area contributed by atoms with E-state index in [1.54, 1.807) is 0 Å². The van der Waals surface area contributed by atoms with Crippen LogP contribution in [0.2, 0.25) is 0 Å². The summed E-state index contributed by atoms with van der Waals surface area (Å²) in [5, 5.41) is 12.2. The Bertz CT molecular complexity index is 422. The van der Waals surface area contributed by atoms with Crippen molar-refractivity contribution in [2.75, 3.05) is 19.6 Å². The van der Waals surface area contributed by atoms with Crippen molar-refractivity contribution in [3.05, 3.63) is 35.4 Å². The van der Waals surface area contributed by atoms with Crippen molar-refractivity contribution in [3.63, 3.8) is 0 Å². The minimum absolute atomic E-state index is 0.00725. The van der Waals surface area contributed by atoms with E-state index in [0.29, 0.717) is 0 Å². The number of benzene rings is 1. The SMILES string of the molecule is CCNC(C#N)CCN1CCc2ccccc2C1. The monoisotopic (exact) mass is 243 g/mol. The molecule has 3 heteroatoms. The second kappa shape index (κ2) is 6.53. The molecule has 3 nitrogen and oxygen atoms in total. The maximum absolute atomic E-state index is 9.01. The Labute approximate surface area is 109 Å². The first-order valence-electron chi connectivity index (χ1n) is 6.75. The lowest BCUT2D eigenvalue weighted by atomic mass is 9.99. The zero-order valence-electron chi connectivity index (χ0n) is 11.0. The summed E-state index contributed by atoms with van der Waals surface area (Å²) in [6.45, 7) is 6.05. The molecule has 1 atom stereocenters. The molecule has 0 fully saturated rings. The van der Waals surface area contributed by atoms with Gasteiger partial charge in [0.15, 0.2) is 0 Å². The van der Waals surface area contributed by atoms with Crippen LogP contribution in [0.5, 0.6) is 0 Å². The summed E-state index contributed by atoms with van der Waals surface area (Å²) in [6.07, 6.45) is 2.04. The lowest BCUT2D eigenvalue weighted by molar-refractivity contribution is 0.245. The summed E-state index contributed by atoms with van der Waals surface area (Å²) < 4.78 is 0. The molecule has 0 bridgehead atoms. The quantitative estimate of drug-likeness (QED) is 0.859. The van der Waals surface area contributed by atoms with Gasteiger partial charge < -0.3 is 5.32 Å². The van der Waals surface area contributed by atoms with E-state index < -0.39 is 0 Å². The maximum atomic E-state index is 9.01. The van der Waals surface area contributed by atoms with Crippen molar-refractivity contribution in [2.45, 2.75) is 32.4 Å². The van der Waals surface area contributed by atoms with Crippen molar-refractivity contribution >= 4 is 0 Å². The van der Waals surface area contributed by atoms with Crippen molar-refractivity contribution in [1.82, 2.24) is 10.2 Å². The average Bonchev–Trinajstić information content (AvgIpc) is 2.43. The van der Waals surface area contributed by atoms with Crippen LogP contribution in [0.15, 0.2) is 24.3 Å². The maximum Gasteiger partial charge on any atom is 0.0965 e. The molecule has 1 unspecified atom stereocenters. The Balaban J connectivity index is 1.85. The van der Waals surface area contributed by atoms with E-state index >= 15 is 0 Å². The van der Waals surface area contributed by atoms with Crippen molar-refractivity contribution < 1.29 is 0 Å². The second-order valence-electron chi connectivity index (χ2n) is 4.82. The molecule has 0 saturated carbocycles. The molecule has 0 amide bonds. The van der Waals surface area contributed by atoms with Gasteiger partial charge in [0, 0.05) is 19.6 Å². The van der Waals surface area contributed by atoms with Gasteiger partial charge in [0.1, 0.15) is 0 Å². The van der Waals surface area contributed by atoms with Crippen LogP contribution in [0.25, 0.3) is 0 Å². The first-order chi connectivity index (χ1) is 8.83. The molecule has 1 aromatic rings. The lowest BCUT2D eigenvalue weighted by Gasteiger charge is -2.29. The summed E-state index contributed by atoms with van der Waals surface area (Å²) in [5.74, 6) is 0. The van der Waals surface area contributed by atoms with Crippen LogP contribution < -0.4 is 5.32 Å². The van der Waals surface area contributed by atoms with Gasteiger partial charge in [0.25, 0.3) is 0 Å². The zero-order chi connectivity index (χ0) is 12.8. The van der Waals surface area contributed by atoms with Gasteiger partial charge in [0.05, 0.1) is 12.1 Å². The molecular formula is C15H21N3. The van der Waals surface area contributed by atoms with Crippen LogP contribution in [-0.4, -0.2) is 30.6 Å². The highest BCUT2D eigenvalue weighted by molar-refractivity contribution is 5.29. The van der Waals surface area contributed by atoms with Gasteiger partial charge in [-0.05, 0) is 30.5 Å². The van der Waals surface area contributed by atoms with Crippen LogP contribution in [0.3, 0.4) is 0 Å². The summed E-state index contributed by atoms with van der Waals surface area (Å²) in [7, 11) is 0. The molecule has 96 valence electrons. The Morgan fingerprint density at radius 2 is 2.17 bits per heavy atom.